The van der Waals surface area contributed by atoms with Crippen LogP contribution in [0.3, 0.4) is 0 Å². The molecule has 25 heavy (non-hydrogen) atoms. The third-order valence-corrected chi connectivity index (χ3v) is 4.40. The first-order valence-electron chi connectivity index (χ1n) is 8.39. The van der Waals surface area contributed by atoms with Crippen LogP contribution in [0.4, 0.5) is 4.39 Å². The lowest BCUT2D eigenvalue weighted by atomic mass is 9.96. The Morgan fingerprint density at radius 3 is 1.80 bits per heavy atom. The number of aliphatic hydroxyl groups excluding tert-OH is 1. The molecule has 0 aliphatic carbocycles. The Kier molecular flexibility index (Phi) is 5.59. The van der Waals surface area contributed by atoms with Crippen LogP contribution in [0.25, 0.3) is 0 Å². The Bertz CT molecular complexity index is 752. The SMILES string of the molecule is CN(CC(O)c1ccccc1F)C(c1ccccc1)c1ccccc1. The van der Waals surface area contributed by atoms with Crippen molar-refractivity contribution in [3.8, 4) is 0 Å². The second-order valence-corrected chi connectivity index (χ2v) is 6.20. The Morgan fingerprint density at radius 2 is 1.28 bits per heavy atom. The monoisotopic (exact) mass is 335 g/mol. The molecule has 3 aromatic rings. The smallest absolute Gasteiger partial charge is 0.129 e. The molecule has 2 nitrogen and oxygen atoms in total. The first-order chi connectivity index (χ1) is 12.2. The minimum absolute atomic E-state index is 0.0103. The average molecular weight is 335 g/mol. The van der Waals surface area contributed by atoms with E-state index in [1.807, 2.05) is 43.4 Å². The highest BCUT2D eigenvalue weighted by molar-refractivity contribution is 5.32. The van der Waals surface area contributed by atoms with Gasteiger partial charge in [0.25, 0.3) is 0 Å². The molecule has 3 rings (SSSR count). The van der Waals surface area contributed by atoms with Crippen molar-refractivity contribution >= 4 is 0 Å². The van der Waals surface area contributed by atoms with E-state index in [1.165, 1.54) is 6.07 Å². The molecule has 1 N–H and O–H groups in total. The van der Waals surface area contributed by atoms with Crippen molar-refractivity contribution in [2.24, 2.45) is 0 Å². The number of aliphatic hydroxyl groups is 1. The van der Waals surface area contributed by atoms with Crippen LogP contribution in [0.1, 0.15) is 28.8 Å². The number of hydrogen-bond donors (Lipinski definition) is 1. The van der Waals surface area contributed by atoms with Gasteiger partial charge in [-0.3, -0.25) is 4.90 Å². The lowest BCUT2D eigenvalue weighted by Crippen LogP contribution is -2.30. The van der Waals surface area contributed by atoms with Crippen LogP contribution >= 0.6 is 0 Å². The van der Waals surface area contributed by atoms with E-state index >= 15 is 0 Å². The number of hydrogen-bond acceptors (Lipinski definition) is 2. The van der Waals surface area contributed by atoms with E-state index in [0.29, 0.717) is 12.1 Å². The Labute approximate surface area is 148 Å². The minimum atomic E-state index is -0.888. The molecule has 128 valence electrons. The van der Waals surface area contributed by atoms with Gasteiger partial charge in [-0.25, -0.2) is 4.39 Å². The van der Waals surface area contributed by atoms with Crippen LogP contribution in [0.15, 0.2) is 84.9 Å². The summed E-state index contributed by atoms with van der Waals surface area (Å²) in [7, 11) is 1.95. The number of halogens is 1. The first-order valence-corrected chi connectivity index (χ1v) is 8.39. The molecule has 0 bridgehead atoms. The highest BCUT2D eigenvalue weighted by Gasteiger charge is 2.22. The predicted molar refractivity (Wildman–Crippen MR) is 98.7 cm³/mol. The second-order valence-electron chi connectivity index (χ2n) is 6.20. The molecule has 0 aromatic heterocycles. The minimum Gasteiger partial charge on any atom is -0.387 e. The quantitative estimate of drug-likeness (QED) is 0.713. The van der Waals surface area contributed by atoms with Gasteiger partial charge in [0, 0.05) is 12.1 Å². The number of rotatable bonds is 6. The summed E-state index contributed by atoms with van der Waals surface area (Å²) in [5, 5.41) is 10.5. The van der Waals surface area contributed by atoms with Crippen molar-refractivity contribution in [2.75, 3.05) is 13.6 Å². The van der Waals surface area contributed by atoms with Gasteiger partial charge in [0.15, 0.2) is 0 Å². The van der Waals surface area contributed by atoms with Crippen LogP contribution in [-0.2, 0) is 0 Å². The summed E-state index contributed by atoms with van der Waals surface area (Å²) in [5.41, 5.74) is 2.60. The van der Waals surface area contributed by atoms with E-state index in [-0.39, 0.29) is 11.9 Å². The zero-order chi connectivity index (χ0) is 17.6. The molecule has 3 aromatic carbocycles. The molecular formula is C22H22FNO. The maximum Gasteiger partial charge on any atom is 0.129 e. The standard InChI is InChI=1S/C22H22FNO/c1-24(16-21(25)19-14-8-9-15-20(19)23)22(17-10-4-2-5-11-17)18-12-6-3-7-13-18/h2-15,21-22,25H,16H2,1H3. The molecular weight excluding hydrogens is 313 g/mol. The maximum atomic E-state index is 14.0. The van der Waals surface area contributed by atoms with Crippen LogP contribution in [-0.4, -0.2) is 23.6 Å². The Hall–Kier alpha value is -2.49. The summed E-state index contributed by atoms with van der Waals surface area (Å²) in [6.07, 6.45) is -0.888. The fraction of sp³-hybridized carbons (Fsp3) is 0.182. The van der Waals surface area contributed by atoms with E-state index in [4.69, 9.17) is 0 Å². The van der Waals surface area contributed by atoms with E-state index in [0.717, 1.165) is 11.1 Å². The van der Waals surface area contributed by atoms with Crippen LogP contribution < -0.4 is 0 Å². The number of nitrogens with zero attached hydrogens (tertiary/aromatic N) is 1. The molecule has 0 radical (unpaired) electrons. The summed E-state index contributed by atoms with van der Waals surface area (Å²) >= 11 is 0. The largest absolute Gasteiger partial charge is 0.387 e. The molecule has 0 amide bonds. The molecule has 0 aliphatic heterocycles. The topological polar surface area (TPSA) is 23.5 Å². The number of likely N-dealkylation sites (N-methyl/N-ethyl adjacent to an activating group) is 1. The third-order valence-electron chi connectivity index (χ3n) is 4.40. The normalized spacial score (nSPS) is 12.5. The summed E-state index contributed by atoms with van der Waals surface area (Å²) in [5.74, 6) is -0.376. The van der Waals surface area contributed by atoms with Crippen molar-refractivity contribution < 1.29 is 9.50 Å². The fourth-order valence-corrected chi connectivity index (χ4v) is 3.19. The van der Waals surface area contributed by atoms with Gasteiger partial charge in [-0.1, -0.05) is 78.9 Å². The van der Waals surface area contributed by atoms with Gasteiger partial charge in [-0.2, -0.15) is 0 Å². The van der Waals surface area contributed by atoms with Gasteiger partial charge in [-0.15, -0.1) is 0 Å². The van der Waals surface area contributed by atoms with Gasteiger partial charge >= 0.3 is 0 Å². The molecule has 1 unspecified atom stereocenters. The summed E-state index contributed by atoms with van der Waals surface area (Å²) in [6.45, 7) is 0.329. The maximum absolute atomic E-state index is 14.0. The summed E-state index contributed by atoms with van der Waals surface area (Å²) < 4.78 is 14.0. The van der Waals surface area contributed by atoms with E-state index in [2.05, 4.69) is 29.2 Å². The van der Waals surface area contributed by atoms with E-state index in [9.17, 15) is 9.50 Å². The van der Waals surface area contributed by atoms with Gasteiger partial charge in [0.2, 0.25) is 0 Å². The van der Waals surface area contributed by atoms with Gasteiger partial charge < -0.3 is 5.11 Å². The summed E-state index contributed by atoms with van der Waals surface area (Å²) in [4.78, 5) is 2.06. The summed E-state index contributed by atoms with van der Waals surface area (Å²) in [6, 6.07) is 26.7. The highest BCUT2D eigenvalue weighted by Crippen LogP contribution is 2.29. The lowest BCUT2D eigenvalue weighted by molar-refractivity contribution is 0.110. The zero-order valence-electron chi connectivity index (χ0n) is 14.2. The number of benzene rings is 3. The molecule has 0 spiro atoms. The van der Waals surface area contributed by atoms with E-state index in [1.54, 1.807) is 18.2 Å². The van der Waals surface area contributed by atoms with Gasteiger partial charge in [0.1, 0.15) is 5.82 Å². The van der Waals surface area contributed by atoms with Crippen LogP contribution in [0, 0.1) is 5.82 Å². The van der Waals surface area contributed by atoms with Crippen LogP contribution in [0.5, 0.6) is 0 Å². The molecule has 0 aliphatic rings. The van der Waals surface area contributed by atoms with Crippen molar-refractivity contribution in [2.45, 2.75) is 12.1 Å². The molecule has 0 fully saturated rings. The van der Waals surface area contributed by atoms with Crippen molar-refractivity contribution in [1.29, 1.82) is 0 Å². The van der Waals surface area contributed by atoms with Crippen molar-refractivity contribution in [1.82, 2.24) is 4.90 Å². The first kappa shape index (κ1) is 17.3. The van der Waals surface area contributed by atoms with Crippen LogP contribution in [0.2, 0.25) is 0 Å². The van der Waals surface area contributed by atoms with Gasteiger partial charge in [-0.05, 0) is 24.2 Å². The molecule has 0 saturated heterocycles. The fourth-order valence-electron chi connectivity index (χ4n) is 3.19. The predicted octanol–water partition coefficient (Wildman–Crippen LogP) is 4.58. The van der Waals surface area contributed by atoms with Gasteiger partial charge in [0.05, 0.1) is 12.1 Å². The zero-order valence-corrected chi connectivity index (χ0v) is 14.2. The van der Waals surface area contributed by atoms with E-state index < -0.39 is 6.10 Å². The Morgan fingerprint density at radius 1 is 0.800 bits per heavy atom. The van der Waals surface area contributed by atoms with Crippen molar-refractivity contribution in [3.63, 3.8) is 0 Å². The van der Waals surface area contributed by atoms with Crippen molar-refractivity contribution in [3.05, 3.63) is 107 Å². The lowest BCUT2D eigenvalue weighted by Gasteiger charge is -2.31. The molecule has 3 heteroatoms. The second kappa shape index (κ2) is 8.06. The highest BCUT2D eigenvalue weighted by atomic mass is 19.1. The average Bonchev–Trinajstić information content (AvgIpc) is 2.64. The molecule has 0 heterocycles. The molecule has 0 saturated carbocycles. The molecule has 1 atom stereocenters. The Balaban J connectivity index is 1.87. The third kappa shape index (κ3) is 4.13.